The number of carbonyl (C=O) groups is 10. The summed E-state index contributed by atoms with van der Waals surface area (Å²) in [4.78, 5) is 124. The molecule has 2 rings (SSSR count). The molecule has 28 nitrogen and oxygen atoms in total. The number of hydrogen-bond acceptors (Lipinski definition) is 22. The number of halogens is 1. The summed E-state index contributed by atoms with van der Waals surface area (Å²) in [6.07, 6.45) is 7.19. The van der Waals surface area contributed by atoms with Gasteiger partial charge in [0.25, 0.3) is 8.53 Å². The van der Waals surface area contributed by atoms with Crippen LogP contribution < -0.4 is 21.3 Å². The SMILES string of the molecule is CC(C)N(C(C)C)P(Cl)OCCC#N.CC(C)N(C(C)C)P(OCCC#N)OCCOCCOCCNC(=O)CCC(=O)CNC(=O)CCC(=O)CCCCC(=O)N1CC[C@H](C)C1.C[C@H]1CCN(C(=O)CCCCC(=O)CCC(=O)NCC(=O)CCC(=O)NCCOCCOCCO)C1. The van der Waals surface area contributed by atoms with Crippen molar-refractivity contribution < 1.29 is 85.6 Å². The Kier molecular flexibility index (Phi) is 57.8. The Labute approximate surface area is 597 Å². The van der Waals surface area contributed by atoms with Gasteiger partial charge in [-0.25, -0.2) is 9.34 Å². The van der Waals surface area contributed by atoms with Crippen LogP contribution in [-0.4, -0.2) is 239 Å². The lowest BCUT2D eigenvalue weighted by Crippen LogP contribution is -2.34. The van der Waals surface area contributed by atoms with Gasteiger partial charge in [-0.3, -0.25) is 47.9 Å². The van der Waals surface area contributed by atoms with Crippen molar-refractivity contribution in [2.45, 2.75) is 222 Å². The van der Waals surface area contributed by atoms with Crippen LogP contribution in [0.1, 0.15) is 198 Å². The smallest absolute Gasteiger partial charge is 0.259 e. The number of unbranched alkanes of at least 4 members (excludes halogenated alkanes) is 2. The minimum atomic E-state index is -1.30. The van der Waals surface area contributed by atoms with Crippen LogP contribution in [-0.2, 0) is 80.5 Å². The predicted molar refractivity (Wildman–Crippen MR) is 379 cm³/mol. The Bertz CT molecular complexity index is 2370. The molecule has 5 N–H and O–H groups in total. The van der Waals surface area contributed by atoms with E-state index in [0.29, 0.717) is 167 Å². The molecule has 2 fully saturated rings. The Balaban J connectivity index is 0.00000167. The lowest BCUT2D eigenvalue weighted by molar-refractivity contribution is -0.131. The van der Waals surface area contributed by atoms with Gasteiger partial charge < -0.3 is 68.7 Å². The number of hydrogen-bond donors (Lipinski definition) is 5. The molecular weight excluding hydrogens is 1340 g/mol. The minimum Gasteiger partial charge on any atom is -0.394 e. The molecule has 2 saturated heterocycles. The Morgan fingerprint density at radius 3 is 1.17 bits per heavy atom. The number of nitrogens with one attached hydrogen (secondary N) is 4. The third-order valence-corrected chi connectivity index (χ3v) is 19.7. The highest BCUT2D eigenvalue weighted by Gasteiger charge is 2.28. The van der Waals surface area contributed by atoms with Crippen molar-refractivity contribution >= 4 is 86.0 Å². The number of ketones is 4. The van der Waals surface area contributed by atoms with E-state index < -0.39 is 16.2 Å². The van der Waals surface area contributed by atoms with Gasteiger partial charge >= 0.3 is 0 Å². The molecule has 4 atom stereocenters. The fourth-order valence-electron chi connectivity index (χ4n) is 9.94. The second-order valence-corrected chi connectivity index (χ2v) is 28.9. The molecule has 2 aliphatic heterocycles. The quantitative estimate of drug-likeness (QED) is 0.0290. The largest absolute Gasteiger partial charge is 0.394 e. The summed E-state index contributed by atoms with van der Waals surface area (Å²) in [6.45, 7) is 28.1. The summed E-state index contributed by atoms with van der Waals surface area (Å²) >= 11 is 6.13. The summed E-state index contributed by atoms with van der Waals surface area (Å²) < 4.78 is 42.8. The van der Waals surface area contributed by atoms with Crippen molar-refractivity contribution in [3.63, 3.8) is 0 Å². The average Bonchev–Trinajstić information content (AvgIpc) is 1.86. The summed E-state index contributed by atoms with van der Waals surface area (Å²) in [5.41, 5.74) is 0. The van der Waals surface area contributed by atoms with Gasteiger partial charge in [-0.1, -0.05) is 13.8 Å². The normalized spacial score (nSPS) is 14.9. The Morgan fingerprint density at radius 2 is 0.798 bits per heavy atom. The monoisotopic (exact) mass is 1460 g/mol. The number of likely N-dealkylation sites (tertiary alicyclic amines) is 2. The highest BCUT2D eigenvalue weighted by Crippen LogP contribution is 2.49. The van der Waals surface area contributed by atoms with Crippen LogP contribution in [0.4, 0.5) is 0 Å². The highest BCUT2D eigenvalue weighted by molar-refractivity contribution is 7.78. The molecule has 31 heteroatoms. The van der Waals surface area contributed by atoms with E-state index in [4.69, 9.17) is 59.4 Å². The first kappa shape index (κ1) is 94.2. The molecule has 0 saturated carbocycles. The van der Waals surface area contributed by atoms with Crippen molar-refractivity contribution in [3.05, 3.63) is 0 Å². The molecule has 6 amide bonds. The number of nitrogens with zero attached hydrogens (tertiary/aromatic N) is 6. The topological polar surface area (TPSA) is 364 Å². The Hall–Kier alpha value is -4.77. The maximum absolute atomic E-state index is 12.2. The first-order valence-corrected chi connectivity index (χ1v) is 38.6. The summed E-state index contributed by atoms with van der Waals surface area (Å²) in [6, 6.07) is 5.28. The number of rotatable bonds is 56. The first-order chi connectivity index (χ1) is 47.3. The fraction of sp³-hybridized carbons (Fsp3) is 0.824. The molecule has 99 heavy (non-hydrogen) atoms. The molecule has 0 aromatic heterocycles. The number of carbonyl (C=O) groups excluding carboxylic acids is 10. The van der Waals surface area contributed by atoms with Crippen LogP contribution in [0.3, 0.4) is 0 Å². The predicted octanol–water partition coefficient (Wildman–Crippen LogP) is 7.54. The van der Waals surface area contributed by atoms with E-state index in [2.05, 4.69) is 106 Å². The van der Waals surface area contributed by atoms with Crippen molar-refractivity contribution in [2.24, 2.45) is 11.8 Å². The molecule has 2 unspecified atom stereocenters. The van der Waals surface area contributed by atoms with Gasteiger partial charge in [-0.15, -0.1) is 0 Å². The van der Waals surface area contributed by atoms with E-state index in [1.54, 1.807) is 0 Å². The second-order valence-electron chi connectivity index (χ2n) is 25.4. The van der Waals surface area contributed by atoms with Gasteiger partial charge in [0.05, 0.1) is 117 Å². The van der Waals surface area contributed by atoms with Gasteiger partial charge in [-0.2, -0.15) is 10.5 Å². The van der Waals surface area contributed by atoms with E-state index in [9.17, 15) is 47.9 Å². The van der Waals surface area contributed by atoms with E-state index in [1.165, 1.54) is 0 Å². The zero-order valence-corrected chi connectivity index (χ0v) is 63.6. The molecule has 0 radical (unpaired) electrons. The van der Waals surface area contributed by atoms with Crippen LogP contribution in [0.2, 0.25) is 0 Å². The van der Waals surface area contributed by atoms with Crippen LogP contribution in [0.5, 0.6) is 0 Å². The number of nitriles is 2. The summed E-state index contributed by atoms with van der Waals surface area (Å²) in [7, 11) is -2.38. The molecule has 0 aromatic rings. The lowest BCUT2D eigenvalue weighted by Gasteiger charge is -2.35. The average molecular weight is 1460 g/mol. The third kappa shape index (κ3) is 51.9. The first-order valence-electron chi connectivity index (χ1n) is 35.3. The van der Waals surface area contributed by atoms with Gasteiger partial charge in [0.15, 0.2) is 11.6 Å². The van der Waals surface area contributed by atoms with Crippen molar-refractivity contribution in [2.75, 3.05) is 132 Å². The number of aliphatic hydroxyl groups is 1. The molecule has 568 valence electrons. The molecule has 2 aliphatic rings. The van der Waals surface area contributed by atoms with E-state index in [-0.39, 0.29) is 148 Å². The highest BCUT2D eigenvalue weighted by atomic mass is 35.7. The fourth-order valence-corrected chi connectivity index (χ4v) is 13.9. The van der Waals surface area contributed by atoms with Gasteiger partial charge in [-0.05, 0) is 117 Å². The lowest BCUT2D eigenvalue weighted by atomic mass is 10.1. The number of Topliss-reactive ketones (excluding diaryl/α,β-unsaturated/α-hetero) is 4. The Morgan fingerprint density at radius 1 is 0.455 bits per heavy atom. The molecule has 2 heterocycles. The van der Waals surface area contributed by atoms with Gasteiger partial charge in [0.2, 0.25) is 43.1 Å². The summed E-state index contributed by atoms with van der Waals surface area (Å²) in [5.74, 6) is -0.519. The molecule has 0 aliphatic carbocycles. The van der Waals surface area contributed by atoms with Crippen LogP contribution in [0.15, 0.2) is 0 Å². The van der Waals surface area contributed by atoms with Crippen LogP contribution in [0, 0.1) is 34.5 Å². The molecule has 0 spiro atoms. The van der Waals surface area contributed by atoms with E-state index in [1.807, 2.05) is 15.9 Å². The van der Waals surface area contributed by atoms with E-state index >= 15 is 0 Å². The molecular formula is C68H121ClN10O18P2. The second kappa shape index (κ2) is 60.8. The zero-order chi connectivity index (χ0) is 74.2. The van der Waals surface area contributed by atoms with Crippen molar-refractivity contribution in [3.8, 4) is 12.1 Å². The maximum Gasteiger partial charge on any atom is 0.259 e. The minimum absolute atomic E-state index is 0.00338. The summed E-state index contributed by atoms with van der Waals surface area (Å²) in [5, 5.41) is 36.0. The number of ether oxygens (including phenoxy) is 4. The molecule has 0 aromatic carbocycles. The van der Waals surface area contributed by atoms with Crippen molar-refractivity contribution in [1.82, 2.24) is 40.4 Å². The van der Waals surface area contributed by atoms with Crippen LogP contribution in [0.25, 0.3) is 0 Å². The van der Waals surface area contributed by atoms with Gasteiger partial charge in [0, 0.05) is 140 Å². The maximum atomic E-state index is 12.2. The number of aliphatic hydroxyl groups excluding tert-OH is 1. The third-order valence-electron chi connectivity index (χ3n) is 15.1. The van der Waals surface area contributed by atoms with Crippen LogP contribution >= 0.6 is 27.4 Å². The zero-order valence-electron chi connectivity index (χ0n) is 61.1. The van der Waals surface area contributed by atoms with E-state index in [0.717, 1.165) is 39.0 Å². The van der Waals surface area contributed by atoms with Crippen molar-refractivity contribution in [1.29, 1.82) is 10.5 Å². The van der Waals surface area contributed by atoms with Gasteiger partial charge in [0.1, 0.15) is 11.6 Å². The molecule has 0 bridgehead atoms. The standard InChI is InChI=1S/C34H60N5O9P.C25H43N3O8.C9H18ClN2OP/c1-27(2)39(28(3)4)49(47-19-8-16-35)48-24-23-46-22-21-45-20-17-36-32(42)14-12-31(41)25-37-33(43)13-11-30(40)9-6-7-10-34(44)38-18-15-29(5)26-38;1-20-10-12-28(19-20)25(34)5-3-2-4-21(30)6-8-24(33)27-18-22(31)7-9-23(32)26-11-14-35-16-17-36-15-13-29;1-8(2)12(9(3)4)14(10)13-7-5-6-11/h27-29H,6-15,17-26H2,1-5H3,(H,36,42)(H,37,43);20,29H,2-19H2,1H3,(H,26,32)(H,27,33);8-9H,5,7H2,1-4H3/t29-,49?;20-;/m00./s1. The number of amides is 6.